The number of benzene rings is 1. The second-order valence-electron chi connectivity index (χ2n) is 6.15. The van der Waals surface area contributed by atoms with Crippen molar-refractivity contribution >= 4 is 44.8 Å². The van der Waals surface area contributed by atoms with Gasteiger partial charge in [-0.25, -0.2) is 4.98 Å². The van der Waals surface area contributed by atoms with Crippen molar-refractivity contribution in [2.75, 3.05) is 5.32 Å². The third kappa shape index (κ3) is 5.05. The van der Waals surface area contributed by atoms with Crippen molar-refractivity contribution in [1.82, 2.24) is 10.3 Å². The predicted octanol–water partition coefficient (Wildman–Crippen LogP) is 4.80. The van der Waals surface area contributed by atoms with Crippen molar-refractivity contribution in [3.63, 3.8) is 0 Å². The van der Waals surface area contributed by atoms with Crippen LogP contribution in [-0.4, -0.2) is 16.8 Å². The third-order valence-electron chi connectivity index (χ3n) is 3.67. The summed E-state index contributed by atoms with van der Waals surface area (Å²) >= 11 is 4.75. The van der Waals surface area contributed by atoms with E-state index in [0.29, 0.717) is 28.4 Å². The molecule has 0 fully saturated rings. The number of carbonyl (C=O) groups is 2. The lowest BCUT2D eigenvalue weighted by Gasteiger charge is -2.07. The van der Waals surface area contributed by atoms with Crippen molar-refractivity contribution in [1.29, 1.82) is 0 Å². The van der Waals surface area contributed by atoms with Gasteiger partial charge in [0.05, 0.1) is 17.2 Å². The van der Waals surface area contributed by atoms with Crippen molar-refractivity contribution in [3.05, 3.63) is 68.5 Å². The molecule has 2 N–H and O–H groups in total. The first-order valence-electron chi connectivity index (χ1n) is 8.31. The fourth-order valence-corrected chi connectivity index (χ4v) is 3.45. The minimum absolute atomic E-state index is 0.182. The number of nitrogens with one attached hydrogen (secondary N) is 2. The van der Waals surface area contributed by atoms with E-state index >= 15 is 0 Å². The molecule has 0 unspecified atom stereocenters. The maximum absolute atomic E-state index is 12.4. The Labute approximate surface area is 169 Å². The van der Waals surface area contributed by atoms with Crippen molar-refractivity contribution in [3.8, 4) is 0 Å². The molecule has 0 saturated carbocycles. The number of anilines is 1. The van der Waals surface area contributed by atoms with E-state index in [1.807, 2.05) is 5.38 Å². The lowest BCUT2D eigenvalue weighted by Crippen LogP contribution is -2.23. The molecule has 0 atom stereocenters. The molecule has 0 aliphatic rings. The van der Waals surface area contributed by atoms with Crippen LogP contribution in [-0.2, 0) is 6.54 Å². The highest BCUT2D eigenvalue weighted by atomic mass is 79.9. The number of furan rings is 1. The van der Waals surface area contributed by atoms with Crippen LogP contribution in [0.4, 0.5) is 5.69 Å². The first-order valence-corrected chi connectivity index (χ1v) is 9.99. The van der Waals surface area contributed by atoms with Gasteiger partial charge >= 0.3 is 0 Å². The van der Waals surface area contributed by atoms with E-state index in [2.05, 4.69) is 45.4 Å². The molecule has 0 aliphatic heterocycles. The Morgan fingerprint density at radius 1 is 1.22 bits per heavy atom. The number of thiazole rings is 1. The molecule has 6 nitrogen and oxygen atoms in total. The average Bonchev–Trinajstić information content (AvgIpc) is 3.29. The van der Waals surface area contributed by atoms with Crippen LogP contribution in [0.1, 0.15) is 51.4 Å². The zero-order valence-electron chi connectivity index (χ0n) is 14.8. The number of amides is 2. The van der Waals surface area contributed by atoms with Crippen LogP contribution in [0.3, 0.4) is 0 Å². The summed E-state index contributed by atoms with van der Waals surface area (Å²) in [5, 5.41) is 8.56. The molecular weight excluding hydrogens is 430 g/mol. The highest BCUT2D eigenvalue weighted by molar-refractivity contribution is 9.10. The molecule has 1 aromatic carbocycles. The van der Waals surface area contributed by atoms with Crippen LogP contribution in [0.5, 0.6) is 0 Å². The summed E-state index contributed by atoms with van der Waals surface area (Å²) in [5.74, 6) is -0.0661. The number of carbonyl (C=O) groups excluding carboxylic acids is 2. The summed E-state index contributed by atoms with van der Waals surface area (Å²) < 4.78 is 5.70. The van der Waals surface area contributed by atoms with Gasteiger partial charge in [0.1, 0.15) is 0 Å². The molecule has 0 spiro atoms. The Balaban J connectivity index is 1.61. The second-order valence-corrected chi connectivity index (χ2v) is 7.82. The molecule has 0 saturated heterocycles. The van der Waals surface area contributed by atoms with E-state index in [4.69, 9.17) is 4.42 Å². The van der Waals surface area contributed by atoms with Gasteiger partial charge < -0.3 is 15.1 Å². The van der Waals surface area contributed by atoms with Crippen LogP contribution in [0.15, 0.2) is 50.9 Å². The monoisotopic (exact) mass is 447 g/mol. The molecule has 3 aromatic rings. The van der Waals surface area contributed by atoms with E-state index in [1.165, 1.54) is 0 Å². The normalized spacial score (nSPS) is 10.8. The quantitative estimate of drug-likeness (QED) is 0.567. The topological polar surface area (TPSA) is 84.2 Å². The minimum atomic E-state index is -0.387. The zero-order valence-corrected chi connectivity index (χ0v) is 17.2. The van der Waals surface area contributed by atoms with E-state index in [-0.39, 0.29) is 17.6 Å². The summed E-state index contributed by atoms with van der Waals surface area (Å²) in [7, 11) is 0. The molecule has 2 amide bonds. The van der Waals surface area contributed by atoms with Crippen molar-refractivity contribution in [2.45, 2.75) is 26.3 Å². The highest BCUT2D eigenvalue weighted by Crippen LogP contribution is 2.19. The minimum Gasteiger partial charge on any atom is -0.444 e. The molecule has 0 aliphatic carbocycles. The summed E-state index contributed by atoms with van der Waals surface area (Å²) in [6, 6.07) is 9.93. The maximum atomic E-state index is 12.4. The molecule has 27 heavy (non-hydrogen) atoms. The highest BCUT2D eigenvalue weighted by Gasteiger charge is 2.13. The lowest BCUT2D eigenvalue weighted by molar-refractivity contribution is 0.0948. The molecule has 2 heterocycles. The molecule has 140 valence electrons. The Kier molecular flexibility index (Phi) is 6.08. The fraction of sp³-hybridized carbons (Fsp3) is 0.211. The van der Waals surface area contributed by atoms with Gasteiger partial charge in [-0.1, -0.05) is 19.9 Å². The van der Waals surface area contributed by atoms with Crippen molar-refractivity contribution < 1.29 is 14.0 Å². The van der Waals surface area contributed by atoms with Gasteiger partial charge in [-0.05, 0) is 46.3 Å². The number of nitrogens with zero attached hydrogens (tertiary/aromatic N) is 1. The summed E-state index contributed by atoms with van der Waals surface area (Å²) in [6.45, 7) is 4.53. The number of hydrogen-bond acceptors (Lipinski definition) is 5. The molecule has 2 aromatic heterocycles. The average molecular weight is 448 g/mol. The standard InChI is InChI=1S/C19H18BrN3O3S/c1-11(2)19-23-14(10-27-19)9-21-17(24)12-4-3-5-13(8-12)22-18(25)15-6-7-16(20)26-15/h3-8,10-11H,9H2,1-2H3,(H,21,24)(H,22,25). The van der Waals surface area contributed by atoms with Gasteiger partial charge in [-0.15, -0.1) is 11.3 Å². The number of aromatic nitrogens is 1. The van der Waals surface area contributed by atoms with Crippen LogP contribution < -0.4 is 10.6 Å². The summed E-state index contributed by atoms with van der Waals surface area (Å²) in [4.78, 5) is 29.0. The van der Waals surface area contributed by atoms with Gasteiger partial charge in [-0.2, -0.15) is 0 Å². The van der Waals surface area contributed by atoms with E-state index in [9.17, 15) is 9.59 Å². The first kappa shape index (κ1) is 19.3. The van der Waals surface area contributed by atoms with Crippen LogP contribution >= 0.6 is 27.3 Å². The molecule has 0 bridgehead atoms. The Hall–Kier alpha value is -2.45. The van der Waals surface area contributed by atoms with Crippen LogP contribution in [0.2, 0.25) is 0 Å². The maximum Gasteiger partial charge on any atom is 0.291 e. The Bertz CT molecular complexity index is 965. The van der Waals surface area contributed by atoms with Gasteiger partial charge in [0.15, 0.2) is 10.4 Å². The molecule has 0 radical (unpaired) electrons. The Morgan fingerprint density at radius 3 is 2.70 bits per heavy atom. The summed E-state index contributed by atoms with van der Waals surface area (Å²) in [6.07, 6.45) is 0. The van der Waals surface area contributed by atoms with E-state index in [0.717, 1.165) is 10.7 Å². The van der Waals surface area contributed by atoms with Gasteiger partial charge in [-0.3, -0.25) is 9.59 Å². The number of halogens is 1. The predicted molar refractivity (Wildman–Crippen MR) is 108 cm³/mol. The molecule has 8 heteroatoms. The summed E-state index contributed by atoms with van der Waals surface area (Å²) in [5.41, 5.74) is 1.80. The Morgan fingerprint density at radius 2 is 2.04 bits per heavy atom. The van der Waals surface area contributed by atoms with E-state index < -0.39 is 0 Å². The smallest absolute Gasteiger partial charge is 0.291 e. The van der Waals surface area contributed by atoms with Gasteiger partial charge in [0, 0.05) is 22.5 Å². The number of rotatable bonds is 6. The van der Waals surface area contributed by atoms with Gasteiger partial charge in [0.25, 0.3) is 11.8 Å². The van der Waals surface area contributed by atoms with E-state index in [1.54, 1.807) is 47.7 Å². The fourth-order valence-electron chi connectivity index (χ4n) is 2.31. The van der Waals surface area contributed by atoms with Crippen molar-refractivity contribution in [2.24, 2.45) is 0 Å². The lowest BCUT2D eigenvalue weighted by atomic mass is 10.2. The SMILES string of the molecule is CC(C)c1nc(CNC(=O)c2cccc(NC(=O)c3ccc(Br)o3)c2)cs1. The number of hydrogen-bond donors (Lipinski definition) is 2. The van der Waals surface area contributed by atoms with Crippen LogP contribution in [0, 0.1) is 0 Å². The van der Waals surface area contributed by atoms with Gasteiger partial charge in [0.2, 0.25) is 0 Å². The van der Waals surface area contributed by atoms with Crippen LogP contribution in [0.25, 0.3) is 0 Å². The second kappa shape index (κ2) is 8.49. The third-order valence-corrected chi connectivity index (χ3v) is 5.29. The largest absolute Gasteiger partial charge is 0.444 e. The first-order chi connectivity index (χ1) is 12.9. The molecule has 3 rings (SSSR count). The molecular formula is C19H18BrN3O3S. The zero-order chi connectivity index (χ0) is 19.4.